The lowest BCUT2D eigenvalue weighted by Gasteiger charge is -2.18. The normalized spacial score (nSPS) is 12.4. The van der Waals surface area contributed by atoms with Crippen molar-refractivity contribution in [2.75, 3.05) is 13.2 Å². The molecule has 354 valence electrons. The molecule has 6 nitrogen and oxygen atoms in total. The van der Waals surface area contributed by atoms with Gasteiger partial charge in [-0.2, -0.15) is 0 Å². The van der Waals surface area contributed by atoms with Gasteiger partial charge >= 0.3 is 17.9 Å². The van der Waals surface area contributed by atoms with E-state index in [1.807, 2.05) is 0 Å². The van der Waals surface area contributed by atoms with Crippen molar-refractivity contribution in [1.29, 1.82) is 0 Å². The van der Waals surface area contributed by atoms with E-state index in [9.17, 15) is 14.4 Å². The molecule has 1 unspecified atom stereocenters. The van der Waals surface area contributed by atoms with Gasteiger partial charge in [-0.15, -0.1) is 0 Å². The van der Waals surface area contributed by atoms with Gasteiger partial charge in [-0.05, 0) is 57.8 Å². The fraction of sp³-hybridized carbons (Fsp3) is 0.800. The van der Waals surface area contributed by atoms with Gasteiger partial charge in [0.25, 0.3) is 0 Å². The van der Waals surface area contributed by atoms with Crippen molar-refractivity contribution >= 4 is 17.9 Å². The van der Waals surface area contributed by atoms with E-state index in [1.165, 1.54) is 128 Å². The highest BCUT2D eigenvalue weighted by molar-refractivity contribution is 5.71. The van der Waals surface area contributed by atoms with E-state index in [2.05, 4.69) is 69.4 Å². The van der Waals surface area contributed by atoms with Gasteiger partial charge in [-0.1, -0.05) is 236 Å². The van der Waals surface area contributed by atoms with Gasteiger partial charge in [0, 0.05) is 19.3 Å². The molecule has 0 N–H and O–H groups in total. The highest BCUT2D eigenvalue weighted by Gasteiger charge is 2.19. The van der Waals surface area contributed by atoms with Crippen LogP contribution in [0.2, 0.25) is 0 Å². The zero-order chi connectivity index (χ0) is 44.4. The van der Waals surface area contributed by atoms with E-state index in [0.717, 1.165) is 96.3 Å². The van der Waals surface area contributed by atoms with Gasteiger partial charge in [-0.25, -0.2) is 0 Å². The molecule has 0 amide bonds. The largest absolute Gasteiger partial charge is 0.462 e. The zero-order valence-corrected chi connectivity index (χ0v) is 40.4. The molecule has 0 aromatic carbocycles. The Balaban J connectivity index is 4.39. The average Bonchev–Trinajstić information content (AvgIpc) is 3.26. The second kappa shape index (κ2) is 50.0. The van der Waals surface area contributed by atoms with Gasteiger partial charge in [-0.3, -0.25) is 14.4 Å². The maximum atomic E-state index is 12.8. The van der Waals surface area contributed by atoms with Crippen LogP contribution < -0.4 is 0 Å². The van der Waals surface area contributed by atoms with Crippen molar-refractivity contribution < 1.29 is 28.6 Å². The zero-order valence-electron chi connectivity index (χ0n) is 40.4. The van der Waals surface area contributed by atoms with Crippen LogP contribution in [0.25, 0.3) is 0 Å². The molecule has 0 fully saturated rings. The molecule has 6 heteroatoms. The van der Waals surface area contributed by atoms with Gasteiger partial charge in [0.1, 0.15) is 13.2 Å². The third kappa shape index (κ3) is 48.3. The Hall–Kier alpha value is -2.63. The average molecular weight is 855 g/mol. The summed E-state index contributed by atoms with van der Waals surface area (Å²) in [5.41, 5.74) is 0. The summed E-state index contributed by atoms with van der Waals surface area (Å²) in [6.07, 6.45) is 59.5. The van der Waals surface area contributed by atoms with E-state index in [1.54, 1.807) is 0 Å². The third-order valence-corrected chi connectivity index (χ3v) is 11.3. The van der Waals surface area contributed by atoms with E-state index in [4.69, 9.17) is 14.2 Å². The number of rotatable bonds is 47. The van der Waals surface area contributed by atoms with Crippen LogP contribution in [0.3, 0.4) is 0 Å². The number of carbonyl (C=O) groups is 3. The summed E-state index contributed by atoms with van der Waals surface area (Å²) in [4.78, 5) is 38.0. The third-order valence-electron chi connectivity index (χ3n) is 11.3. The van der Waals surface area contributed by atoms with Crippen molar-refractivity contribution in [2.24, 2.45) is 0 Å². The van der Waals surface area contributed by atoms with Crippen LogP contribution >= 0.6 is 0 Å². The van der Waals surface area contributed by atoms with E-state index in [0.29, 0.717) is 19.3 Å². The maximum absolute atomic E-state index is 12.8. The monoisotopic (exact) mass is 855 g/mol. The predicted octanol–water partition coefficient (Wildman–Crippen LogP) is 17.1. The number of esters is 3. The van der Waals surface area contributed by atoms with Crippen LogP contribution in [0.15, 0.2) is 48.6 Å². The molecule has 0 bridgehead atoms. The maximum Gasteiger partial charge on any atom is 0.306 e. The first-order chi connectivity index (χ1) is 30.0. The first kappa shape index (κ1) is 58.4. The first-order valence-corrected chi connectivity index (χ1v) is 26.1. The minimum absolute atomic E-state index is 0.0772. The highest BCUT2D eigenvalue weighted by Crippen LogP contribution is 2.16. The van der Waals surface area contributed by atoms with Crippen LogP contribution in [-0.2, 0) is 28.6 Å². The lowest BCUT2D eigenvalue weighted by molar-refractivity contribution is -0.167. The molecule has 0 rings (SSSR count). The van der Waals surface area contributed by atoms with E-state index in [-0.39, 0.29) is 31.1 Å². The van der Waals surface area contributed by atoms with Crippen LogP contribution in [0.1, 0.15) is 265 Å². The SMILES string of the molecule is CC/C=C\C/C=C\C/C=C\C/C=C\CCCCCCC(=O)OCC(COC(=O)CCCCCCCCCCCCCC)OC(=O)CCCCCCCCCCCCCCCC. The van der Waals surface area contributed by atoms with Crippen LogP contribution in [0.4, 0.5) is 0 Å². The molecule has 0 saturated heterocycles. The summed E-state index contributed by atoms with van der Waals surface area (Å²) < 4.78 is 16.8. The van der Waals surface area contributed by atoms with Gasteiger partial charge in [0.05, 0.1) is 0 Å². The van der Waals surface area contributed by atoms with Crippen LogP contribution in [0.5, 0.6) is 0 Å². The summed E-state index contributed by atoms with van der Waals surface area (Å²) in [6.45, 7) is 6.52. The minimum atomic E-state index is -0.778. The molecule has 0 aliphatic rings. The van der Waals surface area contributed by atoms with Crippen molar-refractivity contribution in [3.63, 3.8) is 0 Å². The van der Waals surface area contributed by atoms with Crippen molar-refractivity contribution in [3.05, 3.63) is 48.6 Å². The van der Waals surface area contributed by atoms with Crippen molar-refractivity contribution in [1.82, 2.24) is 0 Å². The molecular weight excluding hydrogens is 757 g/mol. The molecule has 0 heterocycles. The van der Waals surface area contributed by atoms with Crippen LogP contribution in [-0.4, -0.2) is 37.2 Å². The number of hydrogen-bond donors (Lipinski definition) is 0. The standard InChI is InChI=1S/C55H98O6/c1-4-7-10-13-16-19-22-25-27-28-29-31-33-36-39-42-45-48-54(57)60-51-52(50-59-53(56)47-44-41-38-35-32-24-21-18-15-12-9-6-3)61-55(58)49-46-43-40-37-34-30-26-23-20-17-14-11-8-5-2/h7,10,16,19,25,27,29,31,52H,4-6,8-9,11-15,17-18,20-24,26,28,30,32-51H2,1-3H3/b10-7-,19-16-,27-25-,31-29-. The Morgan fingerprint density at radius 1 is 0.344 bits per heavy atom. The van der Waals surface area contributed by atoms with E-state index < -0.39 is 6.10 Å². The lowest BCUT2D eigenvalue weighted by atomic mass is 10.0. The predicted molar refractivity (Wildman–Crippen MR) is 261 cm³/mol. The Kier molecular flexibility index (Phi) is 47.9. The number of unbranched alkanes of at least 4 members (excludes halogenated alkanes) is 28. The molecule has 0 aromatic rings. The Morgan fingerprint density at radius 2 is 0.639 bits per heavy atom. The molecule has 1 atom stereocenters. The molecule has 0 saturated carbocycles. The highest BCUT2D eigenvalue weighted by atomic mass is 16.6. The lowest BCUT2D eigenvalue weighted by Crippen LogP contribution is -2.30. The van der Waals surface area contributed by atoms with Crippen molar-refractivity contribution in [2.45, 2.75) is 271 Å². The summed E-state index contributed by atoms with van der Waals surface area (Å²) in [5.74, 6) is -0.892. The second-order valence-electron chi connectivity index (χ2n) is 17.4. The smallest absolute Gasteiger partial charge is 0.306 e. The number of allylic oxidation sites excluding steroid dienone is 8. The Labute approximate surface area is 378 Å². The molecule has 61 heavy (non-hydrogen) atoms. The van der Waals surface area contributed by atoms with Gasteiger partial charge in [0.2, 0.25) is 0 Å². The fourth-order valence-electron chi connectivity index (χ4n) is 7.43. The number of hydrogen-bond acceptors (Lipinski definition) is 6. The summed E-state index contributed by atoms with van der Waals surface area (Å²) in [7, 11) is 0. The topological polar surface area (TPSA) is 78.9 Å². The molecule has 0 aliphatic carbocycles. The van der Waals surface area contributed by atoms with Crippen LogP contribution in [0, 0.1) is 0 Å². The summed E-state index contributed by atoms with van der Waals surface area (Å²) in [5, 5.41) is 0. The molecule has 0 aromatic heterocycles. The summed E-state index contributed by atoms with van der Waals surface area (Å²) >= 11 is 0. The molecular formula is C55H98O6. The minimum Gasteiger partial charge on any atom is -0.462 e. The molecule has 0 spiro atoms. The Morgan fingerprint density at radius 3 is 1.00 bits per heavy atom. The summed E-state index contributed by atoms with van der Waals surface area (Å²) in [6, 6.07) is 0. The fourth-order valence-corrected chi connectivity index (χ4v) is 7.43. The van der Waals surface area contributed by atoms with E-state index >= 15 is 0 Å². The number of carbonyl (C=O) groups excluding carboxylic acids is 3. The number of ether oxygens (including phenoxy) is 3. The second-order valence-corrected chi connectivity index (χ2v) is 17.4. The van der Waals surface area contributed by atoms with Gasteiger partial charge < -0.3 is 14.2 Å². The first-order valence-electron chi connectivity index (χ1n) is 26.1. The quantitative estimate of drug-likeness (QED) is 0.0263. The molecule has 0 aliphatic heterocycles. The van der Waals surface area contributed by atoms with Gasteiger partial charge in [0.15, 0.2) is 6.10 Å². The Bertz CT molecular complexity index is 1070. The van der Waals surface area contributed by atoms with Crippen molar-refractivity contribution in [3.8, 4) is 0 Å². The molecule has 0 radical (unpaired) electrons.